The summed E-state index contributed by atoms with van der Waals surface area (Å²) in [6.07, 6.45) is 3.49. The molecule has 33 heavy (non-hydrogen) atoms. The number of hydrogen-bond donors (Lipinski definition) is 3. The fraction of sp³-hybridized carbons (Fsp3) is 0.250. The Morgan fingerprint density at radius 3 is 1.94 bits per heavy atom. The van der Waals surface area contributed by atoms with Gasteiger partial charge < -0.3 is 9.88 Å². The lowest BCUT2D eigenvalue weighted by molar-refractivity contribution is -0.113. The normalized spacial score (nSPS) is 11.0. The molecule has 0 radical (unpaired) electrons. The van der Waals surface area contributed by atoms with Gasteiger partial charge in [0.2, 0.25) is 5.91 Å². The van der Waals surface area contributed by atoms with Gasteiger partial charge in [0, 0.05) is 36.3 Å². The number of nitrogens with zero attached hydrogens (tertiary/aromatic N) is 2. The Bertz CT molecular complexity index is 1130. The summed E-state index contributed by atoms with van der Waals surface area (Å²) in [4.78, 5) is 40.9. The summed E-state index contributed by atoms with van der Waals surface area (Å²) in [5.74, 6) is -0.823. The SMILES string of the molecule is Cn1ccnc1SCC(=O)Nc1ccc(C(=O)NNC(=O)c2ccc(C(C)(C)C)cc2)cc1. The van der Waals surface area contributed by atoms with Gasteiger partial charge in [0.05, 0.1) is 5.75 Å². The summed E-state index contributed by atoms with van der Waals surface area (Å²) in [5.41, 5.74) is 7.30. The van der Waals surface area contributed by atoms with Crippen molar-refractivity contribution in [1.82, 2.24) is 20.4 Å². The van der Waals surface area contributed by atoms with E-state index in [1.165, 1.54) is 11.8 Å². The molecule has 0 aliphatic heterocycles. The van der Waals surface area contributed by atoms with Crippen molar-refractivity contribution < 1.29 is 14.4 Å². The number of hydrazine groups is 1. The molecule has 8 nitrogen and oxygen atoms in total. The second kappa shape index (κ2) is 10.4. The zero-order chi connectivity index (χ0) is 24.0. The maximum absolute atomic E-state index is 12.3. The van der Waals surface area contributed by atoms with Crippen LogP contribution in [0.25, 0.3) is 0 Å². The van der Waals surface area contributed by atoms with E-state index in [0.29, 0.717) is 16.8 Å². The highest BCUT2D eigenvalue weighted by molar-refractivity contribution is 7.99. The Balaban J connectivity index is 1.48. The Labute approximate surface area is 197 Å². The van der Waals surface area contributed by atoms with E-state index in [9.17, 15) is 14.4 Å². The number of benzene rings is 2. The van der Waals surface area contributed by atoms with Crippen LogP contribution in [0, 0.1) is 0 Å². The van der Waals surface area contributed by atoms with Crippen LogP contribution in [0.3, 0.4) is 0 Å². The van der Waals surface area contributed by atoms with E-state index in [4.69, 9.17) is 0 Å². The van der Waals surface area contributed by atoms with Crippen molar-refractivity contribution in [3.8, 4) is 0 Å². The van der Waals surface area contributed by atoms with Crippen molar-refractivity contribution in [2.24, 2.45) is 7.05 Å². The smallest absolute Gasteiger partial charge is 0.269 e. The molecule has 9 heteroatoms. The average Bonchev–Trinajstić information content (AvgIpc) is 3.20. The summed E-state index contributed by atoms with van der Waals surface area (Å²) in [5, 5.41) is 3.53. The van der Waals surface area contributed by atoms with Gasteiger partial charge in [0.15, 0.2) is 5.16 Å². The number of amides is 3. The van der Waals surface area contributed by atoms with E-state index in [1.807, 2.05) is 29.9 Å². The van der Waals surface area contributed by atoms with Gasteiger partial charge in [-0.3, -0.25) is 25.2 Å². The van der Waals surface area contributed by atoms with Gasteiger partial charge in [-0.2, -0.15) is 0 Å². The van der Waals surface area contributed by atoms with Crippen molar-refractivity contribution in [3.05, 3.63) is 77.6 Å². The van der Waals surface area contributed by atoms with E-state index < -0.39 is 11.8 Å². The summed E-state index contributed by atoms with van der Waals surface area (Å²) < 4.78 is 1.84. The summed E-state index contributed by atoms with van der Waals surface area (Å²) >= 11 is 1.33. The molecule has 0 unspecified atom stereocenters. The van der Waals surface area contributed by atoms with Crippen molar-refractivity contribution >= 4 is 35.2 Å². The number of thioether (sulfide) groups is 1. The summed E-state index contributed by atoms with van der Waals surface area (Å²) in [6.45, 7) is 6.29. The summed E-state index contributed by atoms with van der Waals surface area (Å²) in [6, 6.07) is 13.7. The minimum Gasteiger partial charge on any atom is -0.329 e. The number of rotatable bonds is 6. The number of anilines is 1. The Morgan fingerprint density at radius 1 is 0.909 bits per heavy atom. The van der Waals surface area contributed by atoms with Crippen LogP contribution in [0.4, 0.5) is 5.69 Å². The Hall–Kier alpha value is -3.59. The van der Waals surface area contributed by atoms with Crippen LogP contribution >= 0.6 is 11.8 Å². The quantitative estimate of drug-likeness (QED) is 0.382. The first-order chi connectivity index (χ1) is 15.6. The maximum atomic E-state index is 12.3. The highest BCUT2D eigenvalue weighted by atomic mass is 32.2. The molecule has 2 aromatic carbocycles. The summed E-state index contributed by atoms with van der Waals surface area (Å²) in [7, 11) is 1.86. The predicted molar refractivity (Wildman–Crippen MR) is 129 cm³/mol. The highest BCUT2D eigenvalue weighted by Gasteiger charge is 2.15. The van der Waals surface area contributed by atoms with Crippen LogP contribution in [-0.2, 0) is 17.3 Å². The molecular formula is C24H27N5O3S. The zero-order valence-corrected chi connectivity index (χ0v) is 19.8. The van der Waals surface area contributed by atoms with Gasteiger partial charge in [-0.15, -0.1) is 0 Å². The number of aryl methyl sites for hydroxylation is 1. The second-order valence-corrected chi connectivity index (χ2v) is 9.41. The molecule has 0 saturated carbocycles. The van der Waals surface area contributed by atoms with Gasteiger partial charge in [-0.1, -0.05) is 44.7 Å². The monoisotopic (exact) mass is 465 g/mol. The number of hydrogen-bond acceptors (Lipinski definition) is 5. The van der Waals surface area contributed by atoms with Gasteiger partial charge in [0.25, 0.3) is 11.8 Å². The number of carbonyl (C=O) groups excluding carboxylic acids is 3. The van der Waals surface area contributed by atoms with E-state index in [2.05, 4.69) is 41.9 Å². The van der Waals surface area contributed by atoms with Gasteiger partial charge in [-0.25, -0.2) is 4.98 Å². The third-order valence-corrected chi connectivity index (χ3v) is 5.90. The van der Waals surface area contributed by atoms with Crippen molar-refractivity contribution in [3.63, 3.8) is 0 Å². The first-order valence-corrected chi connectivity index (χ1v) is 11.3. The minimum atomic E-state index is -0.460. The van der Waals surface area contributed by atoms with Crippen LogP contribution in [0.15, 0.2) is 66.1 Å². The molecule has 0 atom stereocenters. The first-order valence-electron chi connectivity index (χ1n) is 10.3. The standard InChI is InChI=1S/C24H27N5O3S/c1-24(2,3)18-9-5-16(6-10-18)21(31)27-28-22(32)17-7-11-19(12-8-17)26-20(30)15-33-23-25-13-14-29(23)4/h5-14H,15H2,1-4H3,(H,26,30)(H,27,31)(H,28,32). The molecule has 3 rings (SSSR count). The fourth-order valence-electron chi connectivity index (χ4n) is 2.90. The third kappa shape index (κ3) is 6.69. The lowest BCUT2D eigenvalue weighted by Gasteiger charge is -2.19. The molecule has 0 fully saturated rings. The van der Waals surface area contributed by atoms with Crippen LogP contribution < -0.4 is 16.2 Å². The largest absolute Gasteiger partial charge is 0.329 e. The molecule has 3 N–H and O–H groups in total. The molecule has 0 aliphatic carbocycles. The van der Waals surface area contributed by atoms with Crippen LogP contribution in [-0.4, -0.2) is 33.0 Å². The van der Waals surface area contributed by atoms with Crippen molar-refractivity contribution in [2.45, 2.75) is 31.3 Å². The Kier molecular flexibility index (Phi) is 7.55. The molecule has 3 aromatic rings. The van der Waals surface area contributed by atoms with E-state index in [1.54, 1.807) is 42.6 Å². The maximum Gasteiger partial charge on any atom is 0.269 e. The van der Waals surface area contributed by atoms with Crippen LogP contribution in [0.5, 0.6) is 0 Å². The second-order valence-electron chi connectivity index (χ2n) is 8.47. The Morgan fingerprint density at radius 2 is 1.45 bits per heavy atom. The van der Waals surface area contributed by atoms with Crippen molar-refractivity contribution in [1.29, 1.82) is 0 Å². The van der Waals surface area contributed by atoms with Crippen LogP contribution in [0.2, 0.25) is 0 Å². The van der Waals surface area contributed by atoms with E-state index in [0.717, 1.165) is 10.7 Å². The highest BCUT2D eigenvalue weighted by Crippen LogP contribution is 2.22. The molecule has 3 amide bonds. The topological polar surface area (TPSA) is 105 Å². The van der Waals surface area contributed by atoms with E-state index in [-0.39, 0.29) is 17.1 Å². The molecule has 172 valence electrons. The lowest BCUT2D eigenvalue weighted by Crippen LogP contribution is -2.41. The molecule has 1 aromatic heterocycles. The average molecular weight is 466 g/mol. The van der Waals surface area contributed by atoms with Crippen LogP contribution in [0.1, 0.15) is 47.1 Å². The number of aromatic nitrogens is 2. The molecule has 1 heterocycles. The zero-order valence-electron chi connectivity index (χ0n) is 19.0. The number of nitrogens with one attached hydrogen (secondary N) is 3. The van der Waals surface area contributed by atoms with E-state index >= 15 is 0 Å². The molecule has 0 bridgehead atoms. The predicted octanol–water partition coefficient (Wildman–Crippen LogP) is 3.52. The fourth-order valence-corrected chi connectivity index (χ4v) is 3.63. The molecule has 0 aliphatic rings. The third-order valence-electron chi connectivity index (χ3n) is 4.84. The molecule has 0 saturated heterocycles. The van der Waals surface area contributed by atoms with Crippen molar-refractivity contribution in [2.75, 3.05) is 11.1 Å². The minimum absolute atomic E-state index is 0.00732. The lowest BCUT2D eigenvalue weighted by atomic mass is 9.87. The van der Waals surface area contributed by atoms with Gasteiger partial charge >= 0.3 is 0 Å². The molecular weight excluding hydrogens is 438 g/mol. The van der Waals surface area contributed by atoms with Gasteiger partial charge in [-0.05, 0) is 47.4 Å². The van der Waals surface area contributed by atoms with Gasteiger partial charge in [0.1, 0.15) is 0 Å². The number of imidazole rings is 1. The number of carbonyl (C=O) groups is 3. The first kappa shape index (κ1) is 24.1. The molecule has 0 spiro atoms.